The molecule has 0 saturated carbocycles. The van der Waals surface area contributed by atoms with Gasteiger partial charge in [-0.15, -0.1) is 0 Å². The second kappa shape index (κ2) is 6.41. The van der Waals surface area contributed by atoms with Crippen LogP contribution in [0.4, 0.5) is 4.79 Å². The fourth-order valence-electron chi connectivity index (χ4n) is 4.37. The van der Waals surface area contributed by atoms with E-state index in [1.54, 1.807) is 0 Å². The Morgan fingerprint density at radius 2 is 1.63 bits per heavy atom. The lowest BCUT2D eigenvalue weighted by Gasteiger charge is -2.22. The van der Waals surface area contributed by atoms with E-state index < -0.39 is 23.4 Å². The predicted octanol–water partition coefficient (Wildman–Crippen LogP) is 3.98. The van der Waals surface area contributed by atoms with Gasteiger partial charge < -0.3 is 14.7 Å². The molecule has 1 fully saturated rings. The number of rotatable bonds is 3. The number of benzene rings is 2. The molecule has 140 valence electrons. The zero-order valence-electron chi connectivity index (χ0n) is 15.5. The van der Waals surface area contributed by atoms with Crippen LogP contribution in [0.3, 0.4) is 0 Å². The lowest BCUT2D eigenvalue weighted by Crippen LogP contribution is -2.31. The first-order valence-corrected chi connectivity index (χ1v) is 9.21. The molecular weight excluding hydrogens is 342 g/mol. The molecule has 0 radical (unpaired) electrons. The number of aliphatic carboxylic acids is 1. The fraction of sp³-hybridized carbons (Fsp3) is 0.364. The third kappa shape index (κ3) is 2.97. The lowest BCUT2D eigenvalue weighted by molar-refractivity contribution is -0.144. The van der Waals surface area contributed by atoms with Crippen LogP contribution in [0.15, 0.2) is 48.5 Å². The Kier molecular flexibility index (Phi) is 4.17. The first kappa shape index (κ1) is 17.6. The molecule has 2 aromatic carbocycles. The van der Waals surface area contributed by atoms with Crippen molar-refractivity contribution in [2.24, 2.45) is 11.3 Å². The number of hydrogen-bond acceptors (Lipinski definition) is 3. The summed E-state index contributed by atoms with van der Waals surface area (Å²) in [5.74, 6) is -1.43. The summed E-state index contributed by atoms with van der Waals surface area (Å²) >= 11 is 0. The molecule has 0 unspecified atom stereocenters. The summed E-state index contributed by atoms with van der Waals surface area (Å²) in [4.78, 5) is 25.6. The van der Waals surface area contributed by atoms with Gasteiger partial charge in [0.1, 0.15) is 6.61 Å². The van der Waals surface area contributed by atoms with Crippen molar-refractivity contribution < 1.29 is 19.4 Å². The minimum atomic E-state index is -0.867. The maximum absolute atomic E-state index is 12.6. The van der Waals surface area contributed by atoms with Crippen LogP contribution >= 0.6 is 0 Å². The van der Waals surface area contributed by atoms with Crippen LogP contribution in [0, 0.1) is 11.3 Å². The number of ether oxygens (including phenoxy) is 1. The summed E-state index contributed by atoms with van der Waals surface area (Å²) in [5, 5.41) is 9.39. The van der Waals surface area contributed by atoms with Crippen LogP contribution in [0.2, 0.25) is 0 Å². The number of fused-ring (bicyclic) bond motifs is 3. The van der Waals surface area contributed by atoms with Gasteiger partial charge >= 0.3 is 12.1 Å². The van der Waals surface area contributed by atoms with Crippen molar-refractivity contribution >= 4 is 12.1 Å². The zero-order chi connectivity index (χ0) is 19.2. The van der Waals surface area contributed by atoms with E-state index in [0.717, 1.165) is 11.1 Å². The van der Waals surface area contributed by atoms with Gasteiger partial charge in [-0.2, -0.15) is 0 Å². The van der Waals surface area contributed by atoms with E-state index in [0.29, 0.717) is 6.54 Å². The molecule has 0 bridgehead atoms. The number of carbonyl (C=O) groups excluding carboxylic acids is 1. The molecule has 1 amide bonds. The van der Waals surface area contributed by atoms with Crippen molar-refractivity contribution in [1.29, 1.82) is 0 Å². The Bertz CT molecular complexity index is 859. The Morgan fingerprint density at radius 1 is 1.07 bits per heavy atom. The van der Waals surface area contributed by atoms with Crippen LogP contribution in [0.25, 0.3) is 11.1 Å². The molecule has 27 heavy (non-hydrogen) atoms. The van der Waals surface area contributed by atoms with Gasteiger partial charge in [-0.25, -0.2) is 4.79 Å². The van der Waals surface area contributed by atoms with Crippen LogP contribution in [0.1, 0.15) is 30.9 Å². The van der Waals surface area contributed by atoms with Crippen molar-refractivity contribution in [2.45, 2.75) is 19.8 Å². The zero-order valence-corrected chi connectivity index (χ0v) is 15.5. The highest BCUT2D eigenvalue weighted by Gasteiger charge is 2.46. The fourth-order valence-corrected chi connectivity index (χ4v) is 4.37. The summed E-state index contributed by atoms with van der Waals surface area (Å²) in [5.41, 5.74) is 4.23. The molecule has 5 heteroatoms. The molecule has 2 aliphatic rings. The minimum Gasteiger partial charge on any atom is -0.481 e. The van der Waals surface area contributed by atoms with Crippen molar-refractivity contribution in [3.63, 3.8) is 0 Å². The first-order valence-electron chi connectivity index (χ1n) is 9.21. The lowest BCUT2D eigenvalue weighted by atomic mass is 9.82. The van der Waals surface area contributed by atoms with Gasteiger partial charge in [0.25, 0.3) is 0 Å². The topological polar surface area (TPSA) is 66.8 Å². The molecule has 5 nitrogen and oxygen atoms in total. The van der Waals surface area contributed by atoms with Gasteiger partial charge in [-0.3, -0.25) is 4.79 Å². The third-order valence-corrected chi connectivity index (χ3v) is 5.84. The van der Waals surface area contributed by atoms with Gasteiger partial charge in [0.15, 0.2) is 0 Å². The standard InChI is InChI=1S/C22H23NO4/c1-22(2)13-23(11-19(22)20(24)25)21(26)27-12-18-16-9-5-3-7-14(16)15-8-4-6-10-17(15)18/h3-10,18-19H,11-13H2,1-2H3,(H,24,25)/t19-/m0/s1. The molecule has 1 N–H and O–H groups in total. The molecule has 1 atom stereocenters. The van der Waals surface area contributed by atoms with Gasteiger partial charge in [-0.1, -0.05) is 62.4 Å². The molecular formula is C22H23NO4. The number of hydrogen-bond donors (Lipinski definition) is 1. The molecule has 1 aliphatic heterocycles. The summed E-state index contributed by atoms with van der Waals surface area (Å²) in [6, 6.07) is 16.4. The van der Waals surface area contributed by atoms with E-state index in [-0.39, 0.29) is 19.1 Å². The van der Waals surface area contributed by atoms with Gasteiger partial charge in [0, 0.05) is 19.0 Å². The number of carboxylic acid groups (broad SMARTS) is 1. The van der Waals surface area contributed by atoms with Crippen molar-refractivity contribution in [1.82, 2.24) is 4.90 Å². The van der Waals surface area contributed by atoms with Crippen LogP contribution in [-0.2, 0) is 9.53 Å². The molecule has 4 rings (SSSR count). The number of carboxylic acids is 1. The molecule has 0 spiro atoms. The highest BCUT2D eigenvalue weighted by atomic mass is 16.6. The Balaban J connectivity index is 1.50. The van der Waals surface area contributed by atoms with E-state index in [1.807, 2.05) is 38.1 Å². The SMILES string of the molecule is CC1(C)CN(C(=O)OCC2c3ccccc3-c3ccccc32)C[C@H]1C(=O)O. The second-order valence-electron chi connectivity index (χ2n) is 8.06. The highest BCUT2D eigenvalue weighted by molar-refractivity contribution is 5.79. The number of amides is 1. The van der Waals surface area contributed by atoms with E-state index in [2.05, 4.69) is 24.3 Å². The quantitative estimate of drug-likeness (QED) is 0.893. The van der Waals surface area contributed by atoms with E-state index in [9.17, 15) is 14.7 Å². The van der Waals surface area contributed by atoms with Gasteiger partial charge in [-0.05, 0) is 27.7 Å². The van der Waals surface area contributed by atoms with Gasteiger partial charge in [0.2, 0.25) is 0 Å². The number of nitrogens with zero attached hydrogens (tertiary/aromatic N) is 1. The molecule has 1 aliphatic carbocycles. The summed E-state index contributed by atoms with van der Waals surface area (Å²) in [6.45, 7) is 4.59. The smallest absolute Gasteiger partial charge is 0.409 e. The molecule has 2 aromatic rings. The van der Waals surface area contributed by atoms with Crippen molar-refractivity contribution in [3.05, 3.63) is 59.7 Å². The van der Waals surface area contributed by atoms with E-state index in [1.165, 1.54) is 16.0 Å². The summed E-state index contributed by atoms with van der Waals surface area (Å²) < 4.78 is 5.64. The molecule has 1 saturated heterocycles. The maximum Gasteiger partial charge on any atom is 0.409 e. The summed E-state index contributed by atoms with van der Waals surface area (Å²) in [7, 11) is 0. The van der Waals surface area contributed by atoms with Crippen molar-refractivity contribution in [3.8, 4) is 11.1 Å². The maximum atomic E-state index is 12.6. The Morgan fingerprint density at radius 3 is 2.15 bits per heavy atom. The average molecular weight is 365 g/mol. The largest absolute Gasteiger partial charge is 0.481 e. The predicted molar refractivity (Wildman–Crippen MR) is 102 cm³/mol. The van der Waals surface area contributed by atoms with E-state index in [4.69, 9.17) is 4.74 Å². The number of carbonyl (C=O) groups is 2. The van der Waals surface area contributed by atoms with Crippen LogP contribution < -0.4 is 0 Å². The highest BCUT2D eigenvalue weighted by Crippen LogP contribution is 2.44. The molecule has 1 heterocycles. The minimum absolute atomic E-state index is 0.00670. The van der Waals surface area contributed by atoms with Gasteiger partial charge in [0.05, 0.1) is 5.92 Å². The third-order valence-electron chi connectivity index (χ3n) is 5.84. The monoisotopic (exact) mass is 365 g/mol. The average Bonchev–Trinajstić information content (AvgIpc) is 3.14. The van der Waals surface area contributed by atoms with Crippen molar-refractivity contribution in [2.75, 3.05) is 19.7 Å². The Labute approximate surface area is 158 Å². The van der Waals surface area contributed by atoms with E-state index >= 15 is 0 Å². The molecule has 0 aromatic heterocycles. The number of likely N-dealkylation sites (tertiary alicyclic amines) is 1. The van der Waals surface area contributed by atoms with Crippen LogP contribution in [0.5, 0.6) is 0 Å². The summed E-state index contributed by atoms with van der Waals surface area (Å²) in [6.07, 6.45) is -0.436. The Hall–Kier alpha value is -2.82. The first-order chi connectivity index (χ1) is 12.9. The second-order valence-corrected chi connectivity index (χ2v) is 8.06. The van der Waals surface area contributed by atoms with Crippen LogP contribution in [-0.4, -0.2) is 41.8 Å². The normalized spacial score (nSPS) is 20.2.